The average molecular weight is 347 g/mol. The van der Waals surface area contributed by atoms with Crippen LogP contribution >= 0.6 is 0 Å². The summed E-state index contributed by atoms with van der Waals surface area (Å²) in [7, 11) is 0. The Morgan fingerprint density at radius 1 is 1.44 bits per heavy atom. The standard InChI is InChI=1S/C18H29N5O2/c1-4-20-18(21-11-16(24)14-5-8-19-9-6-14)22-15-7-10-23(12-15)17(25)13(2)3/h5-6,8-9,13,15-16,24H,4,7,10-12H2,1-3H3,(H2,20,21,22). The van der Waals surface area contributed by atoms with Crippen molar-refractivity contribution in [3.63, 3.8) is 0 Å². The van der Waals surface area contributed by atoms with Crippen LogP contribution in [-0.2, 0) is 4.79 Å². The fourth-order valence-corrected chi connectivity index (χ4v) is 2.83. The summed E-state index contributed by atoms with van der Waals surface area (Å²) in [5.41, 5.74) is 0.796. The Labute approximate surface area is 149 Å². The van der Waals surface area contributed by atoms with E-state index in [1.165, 1.54) is 0 Å². The molecule has 7 nitrogen and oxygen atoms in total. The van der Waals surface area contributed by atoms with Gasteiger partial charge in [0.05, 0.1) is 12.6 Å². The summed E-state index contributed by atoms with van der Waals surface area (Å²) in [6, 6.07) is 3.75. The molecule has 1 aliphatic heterocycles. The molecule has 0 bridgehead atoms. The van der Waals surface area contributed by atoms with Crippen molar-refractivity contribution in [1.29, 1.82) is 0 Å². The number of hydrogen-bond acceptors (Lipinski definition) is 4. The molecule has 1 aliphatic rings. The number of carbonyl (C=O) groups excluding carboxylic acids is 1. The minimum atomic E-state index is -0.666. The molecule has 138 valence electrons. The number of amides is 1. The Bertz CT molecular complexity index is 576. The quantitative estimate of drug-likeness (QED) is 0.526. The highest BCUT2D eigenvalue weighted by molar-refractivity contribution is 5.81. The van der Waals surface area contributed by atoms with E-state index in [0.29, 0.717) is 12.5 Å². The number of likely N-dealkylation sites (tertiary alicyclic amines) is 1. The van der Waals surface area contributed by atoms with Crippen molar-refractivity contribution in [3.8, 4) is 0 Å². The molecule has 7 heteroatoms. The lowest BCUT2D eigenvalue weighted by atomic mass is 10.1. The summed E-state index contributed by atoms with van der Waals surface area (Å²) in [5, 5.41) is 16.8. The van der Waals surface area contributed by atoms with Crippen LogP contribution in [0.25, 0.3) is 0 Å². The molecule has 0 spiro atoms. The summed E-state index contributed by atoms with van der Waals surface area (Å²) < 4.78 is 0. The van der Waals surface area contributed by atoms with Gasteiger partial charge in [0.15, 0.2) is 5.96 Å². The van der Waals surface area contributed by atoms with Gasteiger partial charge >= 0.3 is 0 Å². The lowest BCUT2D eigenvalue weighted by Crippen LogP contribution is -2.45. The van der Waals surface area contributed by atoms with E-state index in [2.05, 4.69) is 20.6 Å². The zero-order valence-corrected chi connectivity index (χ0v) is 15.3. The Morgan fingerprint density at radius 3 is 2.80 bits per heavy atom. The van der Waals surface area contributed by atoms with Crippen LogP contribution in [0.2, 0.25) is 0 Å². The number of aliphatic hydroxyl groups excluding tert-OH is 1. The minimum Gasteiger partial charge on any atom is -0.386 e. The van der Waals surface area contributed by atoms with E-state index >= 15 is 0 Å². The number of nitrogens with one attached hydrogen (secondary N) is 2. The maximum atomic E-state index is 12.1. The fourth-order valence-electron chi connectivity index (χ4n) is 2.83. The van der Waals surface area contributed by atoms with Crippen LogP contribution in [0.3, 0.4) is 0 Å². The van der Waals surface area contributed by atoms with Gasteiger partial charge in [0, 0.05) is 44.0 Å². The predicted octanol–water partition coefficient (Wildman–Crippen LogP) is 0.927. The Morgan fingerprint density at radius 2 is 2.16 bits per heavy atom. The summed E-state index contributed by atoms with van der Waals surface area (Å²) >= 11 is 0. The minimum absolute atomic E-state index is 0.0242. The molecule has 1 saturated heterocycles. The topological polar surface area (TPSA) is 89.8 Å². The van der Waals surface area contributed by atoms with Gasteiger partial charge in [-0.15, -0.1) is 0 Å². The van der Waals surface area contributed by atoms with Gasteiger partial charge in [-0.25, -0.2) is 0 Å². The van der Waals surface area contributed by atoms with E-state index in [9.17, 15) is 9.90 Å². The molecule has 2 unspecified atom stereocenters. The molecule has 2 rings (SSSR count). The molecule has 2 atom stereocenters. The molecule has 0 aliphatic carbocycles. The van der Waals surface area contributed by atoms with Gasteiger partial charge < -0.3 is 20.6 Å². The first-order valence-electron chi connectivity index (χ1n) is 8.92. The highest BCUT2D eigenvalue weighted by atomic mass is 16.3. The number of pyridine rings is 1. The maximum Gasteiger partial charge on any atom is 0.225 e. The SMILES string of the molecule is CCNC(=NCC(O)c1ccncc1)NC1CCN(C(=O)C(C)C)C1. The zero-order valence-electron chi connectivity index (χ0n) is 15.3. The van der Waals surface area contributed by atoms with Crippen LogP contribution in [0.15, 0.2) is 29.5 Å². The highest BCUT2D eigenvalue weighted by Crippen LogP contribution is 2.13. The first-order valence-corrected chi connectivity index (χ1v) is 8.92. The molecule has 1 aromatic rings. The van der Waals surface area contributed by atoms with Crippen LogP contribution < -0.4 is 10.6 Å². The van der Waals surface area contributed by atoms with E-state index < -0.39 is 6.10 Å². The normalized spacial score (nSPS) is 19.2. The van der Waals surface area contributed by atoms with Crippen LogP contribution in [-0.4, -0.2) is 59.1 Å². The van der Waals surface area contributed by atoms with Gasteiger partial charge in [-0.05, 0) is 31.0 Å². The Hall–Kier alpha value is -2.15. The number of hydrogen-bond donors (Lipinski definition) is 3. The zero-order chi connectivity index (χ0) is 18.2. The highest BCUT2D eigenvalue weighted by Gasteiger charge is 2.27. The number of nitrogens with zero attached hydrogens (tertiary/aromatic N) is 3. The second-order valence-electron chi connectivity index (χ2n) is 6.58. The van der Waals surface area contributed by atoms with E-state index in [-0.39, 0.29) is 24.4 Å². The van der Waals surface area contributed by atoms with Gasteiger partial charge in [-0.1, -0.05) is 13.8 Å². The molecule has 0 aromatic carbocycles. The fraction of sp³-hybridized carbons (Fsp3) is 0.611. The van der Waals surface area contributed by atoms with Crippen molar-refractivity contribution >= 4 is 11.9 Å². The Kier molecular flexibility index (Phi) is 7.18. The van der Waals surface area contributed by atoms with E-state index in [4.69, 9.17) is 0 Å². The van der Waals surface area contributed by atoms with Crippen molar-refractivity contribution in [1.82, 2.24) is 20.5 Å². The molecule has 1 amide bonds. The van der Waals surface area contributed by atoms with Gasteiger partial charge in [-0.3, -0.25) is 14.8 Å². The predicted molar refractivity (Wildman–Crippen MR) is 98.1 cm³/mol. The average Bonchev–Trinajstić information content (AvgIpc) is 3.08. The summed E-state index contributed by atoms with van der Waals surface area (Å²) in [6.07, 6.45) is 3.55. The third kappa shape index (κ3) is 5.70. The van der Waals surface area contributed by atoms with Crippen molar-refractivity contribution in [3.05, 3.63) is 30.1 Å². The molecule has 1 fully saturated rings. The number of carbonyl (C=O) groups is 1. The first-order chi connectivity index (χ1) is 12.0. The molecule has 0 radical (unpaired) electrons. The van der Waals surface area contributed by atoms with E-state index in [0.717, 1.165) is 25.1 Å². The summed E-state index contributed by atoms with van der Waals surface area (Å²) in [5.74, 6) is 0.884. The second-order valence-corrected chi connectivity index (χ2v) is 6.58. The van der Waals surface area contributed by atoms with Gasteiger partial charge in [0.25, 0.3) is 0 Å². The third-order valence-electron chi connectivity index (χ3n) is 4.19. The Balaban J connectivity index is 1.91. The molecular formula is C18H29N5O2. The van der Waals surface area contributed by atoms with E-state index in [1.807, 2.05) is 25.7 Å². The molecular weight excluding hydrogens is 318 g/mol. The number of aromatic nitrogens is 1. The van der Waals surface area contributed by atoms with Gasteiger partial charge in [0.2, 0.25) is 5.91 Å². The van der Waals surface area contributed by atoms with Crippen LogP contribution in [0.4, 0.5) is 0 Å². The second kappa shape index (κ2) is 9.36. The lowest BCUT2D eigenvalue weighted by Gasteiger charge is -2.20. The van der Waals surface area contributed by atoms with Crippen LogP contribution in [0, 0.1) is 5.92 Å². The molecule has 0 saturated carbocycles. The molecule has 2 heterocycles. The van der Waals surface area contributed by atoms with Crippen molar-refractivity contribution in [2.45, 2.75) is 39.3 Å². The summed E-state index contributed by atoms with van der Waals surface area (Å²) in [4.78, 5) is 22.4. The van der Waals surface area contributed by atoms with Crippen molar-refractivity contribution < 1.29 is 9.90 Å². The van der Waals surface area contributed by atoms with Crippen LogP contribution in [0.1, 0.15) is 38.9 Å². The smallest absolute Gasteiger partial charge is 0.225 e. The third-order valence-corrected chi connectivity index (χ3v) is 4.19. The van der Waals surface area contributed by atoms with Crippen LogP contribution in [0.5, 0.6) is 0 Å². The van der Waals surface area contributed by atoms with Gasteiger partial charge in [0.1, 0.15) is 0 Å². The van der Waals surface area contributed by atoms with Gasteiger partial charge in [-0.2, -0.15) is 0 Å². The number of guanidine groups is 1. The molecule has 25 heavy (non-hydrogen) atoms. The number of aliphatic hydroxyl groups is 1. The van der Waals surface area contributed by atoms with Crippen molar-refractivity contribution in [2.24, 2.45) is 10.9 Å². The number of aliphatic imine (C=N–C) groups is 1. The number of rotatable bonds is 6. The maximum absolute atomic E-state index is 12.1. The first kappa shape index (κ1) is 19.2. The van der Waals surface area contributed by atoms with E-state index in [1.54, 1.807) is 24.5 Å². The lowest BCUT2D eigenvalue weighted by molar-refractivity contribution is -0.133. The summed E-state index contributed by atoms with van der Waals surface area (Å²) in [6.45, 7) is 8.31. The van der Waals surface area contributed by atoms with Crippen molar-refractivity contribution in [2.75, 3.05) is 26.2 Å². The monoisotopic (exact) mass is 347 g/mol. The molecule has 3 N–H and O–H groups in total. The largest absolute Gasteiger partial charge is 0.386 e. The molecule has 1 aromatic heterocycles.